The lowest BCUT2D eigenvalue weighted by molar-refractivity contribution is -0.138. The van der Waals surface area contributed by atoms with E-state index in [4.69, 9.17) is 0 Å². The van der Waals surface area contributed by atoms with E-state index in [1.807, 2.05) is 0 Å². The van der Waals surface area contributed by atoms with Gasteiger partial charge in [0.1, 0.15) is 5.71 Å². The first kappa shape index (κ1) is 29.9. The van der Waals surface area contributed by atoms with E-state index in [0.717, 1.165) is 48.5 Å². The van der Waals surface area contributed by atoms with E-state index in [1.165, 1.54) is 24.3 Å². The van der Waals surface area contributed by atoms with Crippen LogP contribution in [0.4, 0.5) is 37.7 Å². The van der Waals surface area contributed by atoms with Crippen LogP contribution in [0.5, 0.6) is 0 Å². The highest BCUT2D eigenvalue weighted by molar-refractivity contribution is 7.93. The van der Waals surface area contributed by atoms with Crippen LogP contribution in [0.25, 0.3) is 11.1 Å². The molecule has 4 aromatic rings. The zero-order chi connectivity index (χ0) is 31.4. The number of alkyl halides is 6. The van der Waals surface area contributed by atoms with Gasteiger partial charge in [-0.2, -0.15) is 26.3 Å². The molecule has 8 nitrogen and oxygen atoms in total. The number of rotatable bonds is 6. The second kappa shape index (κ2) is 10.3. The van der Waals surface area contributed by atoms with Crippen LogP contribution in [0.15, 0.2) is 99.9 Å². The Morgan fingerprint density at radius 3 is 1.30 bits per heavy atom. The normalized spacial score (nSPS) is 13.3. The summed E-state index contributed by atoms with van der Waals surface area (Å²) in [5.74, 6) is 0. The number of hydrogen-bond donors (Lipinski definition) is 3. The largest absolute Gasteiger partial charge is 0.416 e. The number of fused-ring (bicyclic) bond motifs is 3. The predicted molar refractivity (Wildman–Crippen MR) is 144 cm³/mol. The van der Waals surface area contributed by atoms with Gasteiger partial charge in [-0.3, -0.25) is 9.44 Å². The lowest BCUT2D eigenvalue weighted by atomic mass is 10.1. The molecular weight excluding hydrogens is 624 g/mol. The average molecular weight is 642 g/mol. The number of sulfonamides is 2. The topological polar surface area (TPSA) is 125 Å². The molecule has 1 aliphatic rings. The number of anilines is 2. The van der Waals surface area contributed by atoms with E-state index >= 15 is 0 Å². The van der Waals surface area contributed by atoms with Crippen molar-refractivity contribution in [2.75, 3.05) is 9.44 Å². The number of nitrogens with zero attached hydrogens (tertiary/aromatic N) is 1. The molecule has 0 saturated carbocycles. The van der Waals surface area contributed by atoms with E-state index in [1.54, 1.807) is 0 Å². The van der Waals surface area contributed by atoms with Gasteiger partial charge in [0.05, 0.1) is 20.9 Å². The molecule has 0 saturated heterocycles. The van der Waals surface area contributed by atoms with Gasteiger partial charge in [0.15, 0.2) is 0 Å². The molecule has 0 amide bonds. The van der Waals surface area contributed by atoms with E-state index in [9.17, 15) is 48.4 Å². The molecule has 16 heteroatoms. The van der Waals surface area contributed by atoms with Gasteiger partial charge in [-0.15, -0.1) is 0 Å². The zero-order valence-electron chi connectivity index (χ0n) is 21.2. The summed E-state index contributed by atoms with van der Waals surface area (Å²) in [6.07, 6.45) is -9.41. The maximum absolute atomic E-state index is 13.1. The molecule has 4 aromatic carbocycles. The third-order valence-electron chi connectivity index (χ3n) is 6.39. The summed E-state index contributed by atoms with van der Waals surface area (Å²) in [5, 5.41) is 13.0. The second-order valence-corrected chi connectivity index (χ2v) is 12.6. The van der Waals surface area contributed by atoms with Gasteiger partial charge in [0.25, 0.3) is 20.0 Å². The van der Waals surface area contributed by atoms with Crippen LogP contribution in [-0.4, -0.2) is 27.8 Å². The summed E-state index contributed by atoms with van der Waals surface area (Å²) >= 11 is 0. The van der Waals surface area contributed by atoms with Crippen molar-refractivity contribution in [1.82, 2.24) is 0 Å². The Kier molecular flexibility index (Phi) is 7.17. The van der Waals surface area contributed by atoms with Crippen LogP contribution >= 0.6 is 0 Å². The maximum Gasteiger partial charge on any atom is 0.416 e. The van der Waals surface area contributed by atoms with Crippen molar-refractivity contribution < 1.29 is 48.4 Å². The summed E-state index contributed by atoms with van der Waals surface area (Å²) in [4.78, 5) is -0.784. The van der Waals surface area contributed by atoms with Crippen LogP contribution < -0.4 is 9.44 Å². The van der Waals surface area contributed by atoms with Crippen molar-refractivity contribution in [3.8, 4) is 11.1 Å². The van der Waals surface area contributed by atoms with Gasteiger partial charge in [0.2, 0.25) is 0 Å². The molecule has 0 fully saturated rings. The van der Waals surface area contributed by atoms with Crippen molar-refractivity contribution in [2.45, 2.75) is 22.1 Å². The summed E-state index contributed by atoms with van der Waals surface area (Å²) in [5.41, 5.74) is -2.19. The number of hydrogen-bond acceptors (Lipinski definition) is 6. The fourth-order valence-electron chi connectivity index (χ4n) is 4.44. The Morgan fingerprint density at radius 2 is 0.953 bits per heavy atom. The zero-order valence-corrected chi connectivity index (χ0v) is 22.8. The Morgan fingerprint density at radius 1 is 0.558 bits per heavy atom. The Balaban J connectivity index is 1.46. The van der Waals surface area contributed by atoms with Crippen molar-refractivity contribution in [2.24, 2.45) is 5.16 Å². The quantitative estimate of drug-likeness (QED) is 0.110. The molecule has 0 aliphatic heterocycles. The van der Waals surface area contributed by atoms with Gasteiger partial charge in [-0.25, -0.2) is 16.8 Å². The standard InChI is InChI=1S/C27H17F6N3O5S2/c28-26(29,30)15-3-1-5-17(11-15)35-42(38,39)19-7-9-21-22-10-8-20(14-24(22)25(34-37)23(21)13-19)43(40,41)36-18-6-2-4-16(12-18)27(31,32)33/h1-14,35-37H. The third kappa shape index (κ3) is 5.87. The first-order chi connectivity index (χ1) is 20.0. The average Bonchev–Trinajstić information content (AvgIpc) is 3.24. The molecule has 0 atom stereocenters. The van der Waals surface area contributed by atoms with Crippen LogP contribution in [-0.2, 0) is 32.4 Å². The lowest BCUT2D eigenvalue weighted by Crippen LogP contribution is -2.15. The van der Waals surface area contributed by atoms with E-state index in [2.05, 4.69) is 14.6 Å². The van der Waals surface area contributed by atoms with Crippen molar-refractivity contribution in [3.63, 3.8) is 0 Å². The predicted octanol–water partition coefficient (Wildman–Crippen LogP) is 6.53. The fourth-order valence-corrected chi connectivity index (χ4v) is 6.59. The molecule has 43 heavy (non-hydrogen) atoms. The minimum Gasteiger partial charge on any atom is -0.410 e. The van der Waals surface area contributed by atoms with Crippen LogP contribution in [0.1, 0.15) is 22.3 Å². The van der Waals surface area contributed by atoms with Crippen molar-refractivity contribution >= 4 is 37.1 Å². The Hall–Kier alpha value is -4.57. The smallest absolute Gasteiger partial charge is 0.410 e. The van der Waals surface area contributed by atoms with E-state index in [0.29, 0.717) is 23.3 Å². The molecule has 1 aliphatic carbocycles. The monoisotopic (exact) mass is 641 g/mol. The summed E-state index contributed by atoms with van der Waals surface area (Å²) in [6, 6.07) is 14.4. The van der Waals surface area contributed by atoms with Crippen molar-refractivity contribution in [3.05, 3.63) is 107 Å². The van der Waals surface area contributed by atoms with Gasteiger partial charge in [-0.05, 0) is 71.8 Å². The minimum absolute atomic E-state index is 0.0739. The highest BCUT2D eigenvalue weighted by Gasteiger charge is 2.33. The maximum atomic E-state index is 13.1. The van der Waals surface area contributed by atoms with E-state index < -0.39 is 53.3 Å². The Bertz CT molecular complexity index is 1870. The molecule has 0 spiro atoms. The highest BCUT2D eigenvalue weighted by Crippen LogP contribution is 2.40. The van der Waals surface area contributed by atoms with Crippen molar-refractivity contribution in [1.29, 1.82) is 0 Å². The number of oxime groups is 1. The van der Waals surface area contributed by atoms with Crippen LogP contribution in [0.3, 0.4) is 0 Å². The minimum atomic E-state index is -4.71. The first-order valence-electron chi connectivity index (χ1n) is 11.9. The number of nitrogens with one attached hydrogen (secondary N) is 2. The second-order valence-electron chi connectivity index (χ2n) is 9.23. The molecule has 3 N–H and O–H groups in total. The molecule has 0 unspecified atom stereocenters. The first-order valence-corrected chi connectivity index (χ1v) is 14.9. The van der Waals surface area contributed by atoms with Gasteiger partial charge in [0, 0.05) is 22.5 Å². The SMILES string of the molecule is O=S(=O)(Nc1cccc(C(F)(F)F)c1)c1ccc2c(c1)C(=NO)c1cc(S(=O)(=O)Nc3cccc(C(F)(F)F)c3)ccc1-2. The summed E-state index contributed by atoms with van der Waals surface area (Å²) in [6.45, 7) is 0. The highest BCUT2D eigenvalue weighted by atomic mass is 32.2. The molecule has 5 rings (SSSR count). The molecule has 0 heterocycles. The van der Waals surface area contributed by atoms with Gasteiger partial charge in [-0.1, -0.05) is 29.4 Å². The molecule has 0 aromatic heterocycles. The Labute approximate surface area is 240 Å². The third-order valence-corrected chi connectivity index (χ3v) is 9.15. The number of benzene rings is 4. The van der Waals surface area contributed by atoms with Gasteiger partial charge < -0.3 is 5.21 Å². The van der Waals surface area contributed by atoms with Crippen LogP contribution in [0.2, 0.25) is 0 Å². The summed E-state index contributed by atoms with van der Waals surface area (Å²) < 4.78 is 135. The van der Waals surface area contributed by atoms with Gasteiger partial charge >= 0.3 is 12.4 Å². The molecule has 224 valence electrons. The lowest BCUT2D eigenvalue weighted by Gasteiger charge is -2.12. The number of halogens is 6. The van der Waals surface area contributed by atoms with E-state index in [-0.39, 0.29) is 28.2 Å². The summed E-state index contributed by atoms with van der Waals surface area (Å²) in [7, 11) is -8.87. The molecule has 0 bridgehead atoms. The van der Waals surface area contributed by atoms with Crippen LogP contribution in [0, 0.1) is 0 Å². The molecule has 0 radical (unpaired) electrons. The molecular formula is C27H17F6N3O5S2. The fraction of sp³-hybridized carbons (Fsp3) is 0.0741.